The number of hydrogen-bond donors (Lipinski definition) is 1. The summed E-state index contributed by atoms with van der Waals surface area (Å²) in [4.78, 5) is 24.9. The predicted molar refractivity (Wildman–Crippen MR) is 96.6 cm³/mol. The highest BCUT2D eigenvalue weighted by atomic mass is 19.1. The van der Waals surface area contributed by atoms with E-state index in [1.165, 1.54) is 12.1 Å². The average Bonchev–Trinajstić information content (AvgIpc) is 2.59. The van der Waals surface area contributed by atoms with Crippen LogP contribution < -0.4 is 10.5 Å². The molecule has 0 aliphatic heterocycles. The number of nitrogen functional groups attached to an aromatic ring is 1. The number of para-hydroxylation sites is 1. The minimum absolute atomic E-state index is 0.0182. The molecule has 0 aliphatic rings. The number of halogens is 1. The molecule has 0 fully saturated rings. The number of pyridine rings is 1. The monoisotopic (exact) mass is 354 g/mol. The lowest BCUT2D eigenvalue weighted by Crippen LogP contribution is -2.10. The first-order valence-corrected chi connectivity index (χ1v) is 8.31. The molecule has 0 amide bonds. The van der Waals surface area contributed by atoms with Crippen LogP contribution in [0.1, 0.15) is 36.5 Å². The molecule has 0 atom stereocenters. The van der Waals surface area contributed by atoms with E-state index in [0.717, 1.165) is 5.69 Å². The van der Waals surface area contributed by atoms with Crippen LogP contribution >= 0.6 is 0 Å². The maximum Gasteiger partial charge on any atom is 0.221 e. The van der Waals surface area contributed by atoms with E-state index in [2.05, 4.69) is 15.0 Å². The Kier molecular flexibility index (Phi) is 5.06. The van der Waals surface area contributed by atoms with Gasteiger partial charge in [-0.3, -0.25) is 4.79 Å². The summed E-state index contributed by atoms with van der Waals surface area (Å²) in [7, 11) is 0. The number of ether oxygens (including phenoxy) is 1. The highest BCUT2D eigenvalue weighted by molar-refractivity contribution is 6.05. The smallest absolute Gasteiger partial charge is 0.221 e. The van der Waals surface area contributed by atoms with Gasteiger partial charge in [0.2, 0.25) is 11.8 Å². The van der Waals surface area contributed by atoms with Crippen LogP contribution in [-0.4, -0.2) is 26.8 Å². The highest BCUT2D eigenvalue weighted by Crippen LogP contribution is 2.21. The van der Waals surface area contributed by atoms with Gasteiger partial charge in [-0.05, 0) is 32.4 Å². The maximum absolute atomic E-state index is 13.9. The minimum Gasteiger partial charge on any atom is -0.475 e. The lowest BCUT2D eigenvalue weighted by Gasteiger charge is -2.10. The molecule has 134 valence electrons. The summed E-state index contributed by atoms with van der Waals surface area (Å²) >= 11 is 0. The molecule has 0 saturated carbocycles. The fourth-order valence-electron chi connectivity index (χ4n) is 2.61. The summed E-state index contributed by atoms with van der Waals surface area (Å²) in [5.74, 6) is -0.391. The third-order valence-electron chi connectivity index (χ3n) is 3.70. The van der Waals surface area contributed by atoms with Crippen molar-refractivity contribution in [2.75, 3.05) is 5.73 Å². The molecular formula is C19H19FN4O2. The van der Waals surface area contributed by atoms with E-state index in [1.807, 2.05) is 26.0 Å². The largest absolute Gasteiger partial charge is 0.475 e. The Morgan fingerprint density at radius 3 is 2.69 bits per heavy atom. The number of rotatable bonds is 6. The molecule has 1 aromatic carbocycles. The summed E-state index contributed by atoms with van der Waals surface area (Å²) in [6.45, 7) is 3.84. The number of fused-ring (bicyclic) bond motifs is 1. The zero-order chi connectivity index (χ0) is 18.7. The number of carbonyl (C=O) groups is 1. The van der Waals surface area contributed by atoms with E-state index in [4.69, 9.17) is 10.5 Å². The molecule has 3 aromatic rings. The second-order valence-corrected chi connectivity index (χ2v) is 6.12. The number of carbonyl (C=O) groups excluding carboxylic acids is 1. The third-order valence-corrected chi connectivity index (χ3v) is 3.70. The van der Waals surface area contributed by atoms with Crippen molar-refractivity contribution in [2.24, 2.45) is 0 Å². The zero-order valence-corrected chi connectivity index (χ0v) is 14.6. The van der Waals surface area contributed by atoms with Gasteiger partial charge in [0.15, 0.2) is 5.78 Å². The summed E-state index contributed by atoms with van der Waals surface area (Å²) in [6.07, 6.45) is 0.597. The highest BCUT2D eigenvalue weighted by Gasteiger charge is 2.16. The first-order chi connectivity index (χ1) is 12.4. The molecule has 0 radical (unpaired) electrons. The van der Waals surface area contributed by atoms with Crippen LogP contribution in [0.3, 0.4) is 0 Å². The van der Waals surface area contributed by atoms with Gasteiger partial charge in [-0.25, -0.2) is 19.3 Å². The van der Waals surface area contributed by atoms with Gasteiger partial charge in [0.05, 0.1) is 6.10 Å². The Morgan fingerprint density at radius 1 is 1.15 bits per heavy atom. The molecule has 0 saturated heterocycles. The van der Waals surface area contributed by atoms with Crippen LogP contribution in [-0.2, 0) is 6.42 Å². The maximum atomic E-state index is 13.9. The molecule has 2 aromatic heterocycles. The van der Waals surface area contributed by atoms with Crippen molar-refractivity contribution in [1.29, 1.82) is 0 Å². The van der Waals surface area contributed by atoms with Crippen molar-refractivity contribution < 1.29 is 13.9 Å². The molecule has 0 bridgehead atoms. The SMILES string of the molecule is CC(C)Oc1cccc(CCC(=O)c2nc(N)nc3c(F)cccc23)n1. The molecule has 0 spiro atoms. The van der Waals surface area contributed by atoms with Gasteiger partial charge in [0.1, 0.15) is 17.0 Å². The van der Waals surface area contributed by atoms with Gasteiger partial charge < -0.3 is 10.5 Å². The van der Waals surface area contributed by atoms with Crippen LogP contribution in [0, 0.1) is 5.82 Å². The van der Waals surface area contributed by atoms with E-state index < -0.39 is 5.82 Å². The van der Waals surface area contributed by atoms with Crippen molar-refractivity contribution in [3.63, 3.8) is 0 Å². The Hall–Kier alpha value is -3.09. The molecule has 2 heterocycles. The Labute approximate surface area is 150 Å². The molecular weight excluding hydrogens is 335 g/mol. The number of nitrogens with two attached hydrogens (primary N) is 1. The second-order valence-electron chi connectivity index (χ2n) is 6.12. The van der Waals surface area contributed by atoms with Crippen molar-refractivity contribution >= 4 is 22.6 Å². The molecule has 3 rings (SSSR count). The molecule has 0 aliphatic carbocycles. The van der Waals surface area contributed by atoms with Crippen LogP contribution in [0.2, 0.25) is 0 Å². The number of anilines is 1. The minimum atomic E-state index is -0.536. The van der Waals surface area contributed by atoms with Gasteiger partial charge in [-0.1, -0.05) is 18.2 Å². The first-order valence-electron chi connectivity index (χ1n) is 8.31. The second kappa shape index (κ2) is 7.43. The fourth-order valence-corrected chi connectivity index (χ4v) is 2.61. The van der Waals surface area contributed by atoms with Gasteiger partial charge in [-0.2, -0.15) is 0 Å². The Balaban J connectivity index is 1.81. The fraction of sp³-hybridized carbons (Fsp3) is 0.263. The summed E-state index contributed by atoms with van der Waals surface area (Å²) < 4.78 is 19.5. The molecule has 2 N–H and O–H groups in total. The summed E-state index contributed by atoms with van der Waals surface area (Å²) in [5, 5.41) is 0.356. The number of nitrogens with zero attached hydrogens (tertiary/aromatic N) is 3. The number of aromatic nitrogens is 3. The van der Waals surface area contributed by atoms with Crippen molar-refractivity contribution in [3.05, 3.63) is 53.6 Å². The van der Waals surface area contributed by atoms with Crippen LogP contribution in [0.5, 0.6) is 5.88 Å². The first kappa shape index (κ1) is 17.7. The van der Waals surface area contributed by atoms with E-state index in [0.29, 0.717) is 17.7 Å². The Bertz CT molecular complexity index is 959. The van der Waals surface area contributed by atoms with Crippen LogP contribution in [0.15, 0.2) is 36.4 Å². The number of hydrogen-bond acceptors (Lipinski definition) is 6. The van der Waals surface area contributed by atoms with E-state index in [-0.39, 0.29) is 35.5 Å². The van der Waals surface area contributed by atoms with Crippen molar-refractivity contribution in [2.45, 2.75) is 32.8 Å². The van der Waals surface area contributed by atoms with Crippen LogP contribution in [0.25, 0.3) is 10.9 Å². The summed E-state index contributed by atoms with van der Waals surface area (Å²) in [6, 6.07) is 9.83. The topological polar surface area (TPSA) is 91.0 Å². The lowest BCUT2D eigenvalue weighted by atomic mass is 10.1. The lowest BCUT2D eigenvalue weighted by molar-refractivity contribution is 0.0979. The molecule has 7 heteroatoms. The van der Waals surface area contributed by atoms with Gasteiger partial charge >= 0.3 is 0 Å². The van der Waals surface area contributed by atoms with E-state index in [9.17, 15) is 9.18 Å². The van der Waals surface area contributed by atoms with Gasteiger partial charge in [0.25, 0.3) is 0 Å². The average molecular weight is 354 g/mol. The normalized spacial score (nSPS) is 11.1. The van der Waals surface area contributed by atoms with Crippen molar-refractivity contribution in [1.82, 2.24) is 15.0 Å². The molecule has 6 nitrogen and oxygen atoms in total. The predicted octanol–water partition coefficient (Wildman–Crippen LogP) is 3.35. The standard InChI is InChI=1S/C19H19FN4O2/c1-11(2)26-16-8-3-5-12(22-16)9-10-15(25)18-13-6-4-7-14(20)17(13)23-19(21)24-18/h3-8,11H,9-10H2,1-2H3,(H2,21,23,24). The number of aryl methyl sites for hydroxylation is 1. The van der Waals surface area contributed by atoms with Crippen molar-refractivity contribution in [3.8, 4) is 5.88 Å². The van der Waals surface area contributed by atoms with E-state index >= 15 is 0 Å². The summed E-state index contributed by atoms with van der Waals surface area (Å²) in [5.41, 5.74) is 6.54. The third kappa shape index (κ3) is 3.93. The number of Topliss-reactive ketones (excluding diaryl/α,β-unsaturated/α-hetero) is 1. The number of ketones is 1. The quantitative estimate of drug-likeness (QED) is 0.683. The van der Waals surface area contributed by atoms with Gasteiger partial charge in [0, 0.05) is 23.6 Å². The Morgan fingerprint density at radius 2 is 1.92 bits per heavy atom. The van der Waals surface area contributed by atoms with E-state index in [1.54, 1.807) is 12.1 Å². The van der Waals surface area contributed by atoms with Crippen LogP contribution in [0.4, 0.5) is 10.3 Å². The number of benzene rings is 1. The zero-order valence-electron chi connectivity index (χ0n) is 14.6. The molecule has 26 heavy (non-hydrogen) atoms. The molecule has 0 unspecified atom stereocenters. The van der Waals surface area contributed by atoms with Gasteiger partial charge in [-0.15, -0.1) is 0 Å².